The van der Waals surface area contributed by atoms with E-state index in [1.54, 1.807) is 12.1 Å². The van der Waals surface area contributed by atoms with Crippen LogP contribution in [-0.4, -0.2) is 4.92 Å². The summed E-state index contributed by atoms with van der Waals surface area (Å²) in [5.41, 5.74) is 2.16. The maximum atomic E-state index is 10.4. The lowest BCUT2D eigenvalue weighted by Gasteiger charge is -2.02. The van der Waals surface area contributed by atoms with Crippen molar-refractivity contribution in [1.82, 2.24) is 0 Å². The molecule has 0 unspecified atom stereocenters. The van der Waals surface area contributed by atoms with Crippen LogP contribution in [0.2, 0.25) is 0 Å². The molecule has 3 nitrogen and oxygen atoms in total. The fraction of sp³-hybridized carbons (Fsp3) is 0.400. The third-order valence-corrected chi connectivity index (χ3v) is 2.90. The van der Waals surface area contributed by atoms with Crippen molar-refractivity contribution < 1.29 is 4.92 Å². The van der Waals surface area contributed by atoms with Gasteiger partial charge in [-0.25, -0.2) is 0 Å². The van der Waals surface area contributed by atoms with E-state index in [1.807, 2.05) is 13.8 Å². The van der Waals surface area contributed by atoms with Crippen molar-refractivity contribution in [2.45, 2.75) is 24.5 Å². The topological polar surface area (TPSA) is 43.1 Å². The van der Waals surface area contributed by atoms with E-state index in [0.717, 1.165) is 11.1 Å². The summed E-state index contributed by atoms with van der Waals surface area (Å²) in [7, 11) is 0. The van der Waals surface area contributed by atoms with Crippen LogP contribution < -0.4 is 0 Å². The van der Waals surface area contributed by atoms with Gasteiger partial charge in [-0.2, -0.15) is 0 Å². The molecule has 0 saturated carbocycles. The Morgan fingerprint density at radius 3 is 2.13 bits per heavy atom. The molecule has 0 N–H and O–H groups in total. The van der Waals surface area contributed by atoms with Crippen molar-refractivity contribution in [3.05, 3.63) is 39.4 Å². The van der Waals surface area contributed by atoms with Gasteiger partial charge in [0.05, 0.1) is 4.92 Å². The minimum atomic E-state index is -0.385. The SMILES string of the molecule is CC.O=[N+]([O-])c1ccc(CBr)c(CBr)c1. The first-order valence-electron chi connectivity index (χ1n) is 4.57. The Morgan fingerprint density at radius 1 is 1.20 bits per heavy atom. The highest BCUT2D eigenvalue weighted by Crippen LogP contribution is 2.21. The van der Waals surface area contributed by atoms with Gasteiger partial charge in [0.1, 0.15) is 0 Å². The lowest BCUT2D eigenvalue weighted by atomic mass is 10.1. The lowest BCUT2D eigenvalue weighted by Crippen LogP contribution is -1.92. The fourth-order valence-corrected chi connectivity index (χ4v) is 2.05. The van der Waals surface area contributed by atoms with Gasteiger partial charge in [-0.3, -0.25) is 10.1 Å². The molecule has 1 aromatic carbocycles. The highest BCUT2D eigenvalue weighted by atomic mass is 79.9. The average Bonchev–Trinajstić information content (AvgIpc) is 2.30. The van der Waals surface area contributed by atoms with Crippen molar-refractivity contribution in [3.8, 4) is 0 Å². The predicted octanol–water partition coefficient (Wildman–Crippen LogP) is 4.41. The molecule has 0 spiro atoms. The van der Waals surface area contributed by atoms with Crippen LogP contribution in [0.3, 0.4) is 0 Å². The molecule has 0 aromatic heterocycles. The molecule has 84 valence electrons. The quantitative estimate of drug-likeness (QED) is 0.465. The van der Waals surface area contributed by atoms with Crippen LogP contribution >= 0.6 is 31.9 Å². The van der Waals surface area contributed by atoms with Crippen LogP contribution in [0.15, 0.2) is 18.2 Å². The van der Waals surface area contributed by atoms with Crippen LogP contribution in [0.1, 0.15) is 25.0 Å². The molecule has 15 heavy (non-hydrogen) atoms. The molecule has 1 rings (SSSR count). The number of rotatable bonds is 3. The van der Waals surface area contributed by atoms with E-state index in [1.165, 1.54) is 6.07 Å². The second-order valence-corrected chi connectivity index (χ2v) is 3.60. The molecule has 0 radical (unpaired) electrons. The summed E-state index contributed by atoms with van der Waals surface area (Å²) in [6.07, 6.45) is 0. The first-order valence-corrected chi connectivity index (χ1v) is 6.81. The minimum absolute atomic E-state index is 0.138. The molecule has 0 atom stereocenters. The van der Waals surface area contributed by atoms with Crippen LogP contribution in [0.4, 0.5) is 5.69 Å². The van der Waals surface area contributed by atoms with Gasteiger partial charge in [0.2, 0.25) is 0 Å². The number of hydrogen-bond acceptors (Lipinski definition) is 2. The highest BCUT2D eigenvalue weighted by molar-refractivity contribution is 9.09. The van der Waals surface area contributed by atoms with Crippen molar-refractivity contribution >= 4 is 37.5 Å². The monoisotopic (exact) mass is 337 g/mol. The minimum Gasteiger partial charge on any atom is -0.258 e. The van der Waals surface area contributed by atoms with Gasteiger partial charge >= 0.3 is 0 Å². The van der Waals surface area contributed by atoms with Crippen molar-refractivity contribution in [1.29, 1.82) is 0 Å². The molecule has 0 aliphatic rings. The molecule has 1 aromatic rings. The van der Waals surface area contributed by atoms with Gasteiger partial charge in [-0.05, 0) is 11.1 Å². The van der Waals surface area contributed by atoms with Crippen molar-refractivity contribution in [2.24, 2.45) is 0 Å². The summed E-state index contributed by atoms with van der Waals surface area (Å²) in [5.74, 6) is 0. The van der Waals surface area contributed by atoms with Crippen LogP contribution in [0.5, 0.6) is 0 Å². The maximum absolute atomic E-state index is 10.4. The molecule has 0 bridgehead atoms. The van der Waals surface area contributed by atoms with Gasteiger partial charge in [0, 0.05) is 22.8 Å². The second-order valence-electron chi connectivity index (χ2n) is 2.48. The number of nitrogens with zero attached hydrogens (tertiary/aromatic N) is 1. The Labute approximate surface area is 106 Å². The van der Waals surface area contributed by atoms with Crippen molar-refractivity contribution in [2.75, 3.05) is 0 Å². The summed E-state index contributed by atoms with van der Waals surface area (Å²) in [5, 5.41) is 11.8. The Kier molecular flexibility index (Phi) is 7.60. The highest BCUT2D eigenvalue weighted by Gasteiger charge is 2.08. The predicted molar refractivity (Wildman–Crippen MR) is 69.7 cm³/mol. The molecule has 0 fully saturated rings. The zero-order valence-corrected chi connectivity index (χ0v) is 11.8. The molecule has 0 aliphatic carbocycles. The maximum Gasteiger partial charge on any atom is 0.269 e. The average molecular weight is 339 g/mol. The van der Waals surface area contributed by atoms with E-state index in [9.17, 15) is 10.1 Å². The molecular formula is C10H13Br2NO2. The van der Waals surface area contributed by atoms with E-state index >= 15 is 0 Å². The Hall–Kier alpha value is -0.420. The van der Waals surface area contributed by atoms with E-state index in [0.29, 0.717) is 10.7 Å². The standard InChI is InChI=1S/C8H7Br2NO2.C2H6/c9-4-6-1-2-8(11(12)13)3-7(6)5-10;1-2/h1-3H,4-5H2;1-2H3. The van der Waals surface area contributed by atoms with Crippen LogP contribution in [0, 0.1) is 10.1 Å². The number of nitro groups is 1. The van der Waals surface area contributed by atoms with Gasteiger partial charge < -0.3 is 0 Å². The van der Waals surface area contributed by atoms with E-state index in [2.05, 4.69) is 31.9 Å². The van der Waals surface area contributed by atoms with E-state index < -0.39 is 0 Å². The van der Waals surface area contributed by atoms with Crippen molar-refractivity contribution in [3.63, 3.8) is 0 Å². The summed E-state index contributed by atoms with van der Waals surface area (Å²) in [4.78, 5) is 10.1. The Morgan fingerprint density at radius 2 is 1.73 bits per heavy atom. The largest absolute Gasteiger partial charge is 0.269 e. The summed E-state index contributed by atoms with van der Waals surface area (Å²) < 4.78 is 0. The third-order valence-electron chi connectivity index (χ3n) is 1.69. The third kappa shape index (κ3) is 4.30. The molecule has 0 heterocycles. The van der Waals surface area contributed by atoms with Gasteiger partial charge in [0.25, 0.3) is 5.69 Å². The number of hydrogen-bond donors (Lipinski definition) is 0. The fourth-order valence-electron chi connectivity index (χ4n) is 0.981. The molecule has 0 amide bonds. The zero-order chi connectivity index (χ0) is 11.8. The summed E-state index contributed by atoms with van der Waals surface area (Å²) in [6, 6.07) is 4.87. The van der Waals surface area contributed by atoms with Gasteiger partial charge in [-0.1, -0.05) is 51.8 Å². The van der Waals surface area contributed by atoms with Gasteiger partial charge in [-0.15, -0.1) is 0 Å². The van der Waals surface area contributed by atoms with Gasteiger partial charge in [0.15, 0.2) is 0 Å². The lowest BCUT2D eigenvalue weighted by molar-refractivity contribution is -0.384. The number of halogens is 2. The zero-order valence-electron chi connectivity index (χ0n) is 8.67. The molecule has 5 heteroatoms. The summed E-state index contributed by atoms with van der Waals surface area (Å²) >= 11 is 6.61. The molecule has 0 aliphatic heterocycles. The van der Waals surface area contributed by atoms with E-state index in [4.69, 9.17) is 0 Å². The number of benzene rings is 1. The Bertz CT molecular complexity index is 329. The van der Waals surface area contributed by atoms with Crippen LogP contribution in [0.25, 0.3) is 0 Å². The van der Waals surface area contributed by atoms with Crippen LogP contribution in [-0.2, 0) is 10.7 Å². The number of non-ortho nitro benzene ring substituents is 1. The first-order chi connectivity index (χ1) is 7.19. The molecular weight excluding hydrogens is 326 g/mol. The first kappa shape index (κ1) is 14.6. The Balaban J connectivity index is 0.000000921. The normalized spacial score (nSPS) is 9.07. The smallest absolute Gasteiger partial charge is 0.258 e. The molecule has 0 saturated heterocycles. The van der Waals surface area contributed by atoms with E-state index in [-0.39, 0.29) is 10.6 Å². The summed E-state index contributed by atoms with van der Waals surface area (Å²) in [6.45, 7) is 4.00. The second kappa shape index (κ2) is 7.82. The number of alkyl halides is 2. The number of nitro benzene ring substituents is 1.